The highest BCUT2D eigenvalue weighted by atomic mass is 16.5. The lowest BCUT2D eigenvalue weighted by Gasteiger charge is -2.18. The normalized spacial score (nSPS) is 14.8. The summed E-state index contributed by atoms with van der Waals surface area (Å²) in [5.41, 5.74) is 1.11. The van der Waals surface area contributed by atoms with Crippen LogP contribution in [0.3, 0.4) is 0 Å². The van der Waals surface area contributed by atoms with Crippen molar-refractivity contribution in [3.05, 3.63) is 29.8 Å². The van der Waals surface area contributed by atoms with Crippen LogP contribution >= 0.6 is 0 Å². The maximum Gasteiger partial charge on any atom is 0.234 e. The first-order valence-corrected chi connectivity index (χ1v) is 5.93. The molecule has 94 valence electrons. The zero-order valence-corrected chi connectivity index (χ0v) is 10.2. The number of terminal acetylenes is 1. The van der Waals surface area contributed by atoms with E-state index < -0.39 is 0 Å². The van der Waals surface area contributed by atoms with Gasteiger partial charge in [0.05, 0.1) is 13.1 Å². The Labute approximate surface area is 107 Å². The summed E-state index contributed by atoms with van der Waals surface area (Å²) in [4.78, 5) is 13.7. The Morgan fingerprint density at radius 2 is 2.33 bits per heavy atom. The van der Waals surface area contributed by atoms with Gasteiger partial charge in [-0.2, -0.15) is 0 Å². The summed E-state index contributed by atoms with van der Waals surface area (Å²) >= 11 is 0. The number of hydrogen-bond donors (Lipinski definition) is 1. The first kappa shape index (κ1) is 12.5. The lowest BCUT2D eigenvalue weighted by molar-refractivity contribution is -0.122. The number of ether oxygens (including phenoxy) is 1. The number of carbonyl (C=O) groups is 1. The Bertz CT molecular complexity index is 465. The highest BCUT2D eigenvalue weighted by Crippen LogP contribution is 2.21. The zero-order chi connectivity index (χ0) is 12.8. The molecule has 0 aromatic heterocycles. The molecule has 0 saturated heterocycles. The largest absolute Gasteiger partial charge is 0.492 e. The molecule has 4 nitrogen and oxygen atoms in total. The van der Waals surface area contributed by atoms with E-state index in [-0.39, 0.29) is 12.5 Å². The molecule has 0 bridgehead atoms. The third-order valence-electron chi connectivity index (χ3n) is 2.79. The Kier molecular flexibility index (Phi) is 4.21. The van der Waals surface area contributed by atoms with E-state index in [2.05, 4.69) is 16.1 Å². The summed E-state index contributed by atoms with van der Waals surface area (Å²) in [6.45, 7) is 2.68. The molecule has 4 heteroatoms. The monoisotopic (exact) mass is 244 g/mol. The minimum Gasteiger partial charge on any atom is -0.492 e. The van der Waals surface area contributed by atoms with E-state index in [1.807, 2.05) is 24.3 Å². The molecule has 0 aliphatic carbocycles. The number of carbonyl (C=O) groups excluding carboxylic acids is 1. The predicted molar refractivity (Wildman–Crippen MR) is 69.1 cm³/mol. The maximum atomic E-state index is 11.6. The number of amides is 1. The van der Waals surface area contributed by atoms with Crippen LogP contribution in [-0.4, -0.2) is 37.0 Å². The number of para-hydroxylation sites is 1. The average molecular weight is 244 g/mol. The van der Waals surface area contributed by atoms with Crippen molar-refractivity contribution in [3.8, 4) is 18.1 Å². The number of nitrogens with one attached hydrogen (secondary N) is 1. The Morgan fingerprint density at radius 1 is 1.50 bits per heavy atom. The SMILES string of the molecule is C#CCNC(=O)CN1CCOc2ccccc2C1. The molecule has 0 spiro atoms. The molecule has 2 rings (SSSR count). The highest BCUT2D eigenvalue weighted by molar-refractivity contribution is 5.78. The molecular weight excluding hydrogens is 228 g/mol. The molecule has 18 heavy (non-hydrogen) atoms. The first-order valence-electron chi connectivity index (χ1n) is 5.93. The number of nitrogens with zero attached hydrogens (tertiary/aromatic N) is 1. The molecule has 1 amide bonds. The molecular formula is C14H16N2O2. The zero-order valence-electron chi connectivity index (χ0n) is 10.2. The Hall–Kier alpha value is -1.99. The van der Waals surface area contributed by atoms with E-state index in [0.29, 0.717) is 13.2 Å². The van der Waals surface area contributed by atoms with E-state index in [9.17, 15) is 4.79 Å². The smallest absolute Gasteiger partial charge is 0.234 e. The maximum absolute atomic E-state index is 11.6. The van der Waals surface area contributed by atoms with Gasteiger partial charge in [0.25, 0.3) is 0 Å². The molecule has 0 fully saturated rings. The summed E-state index contributed by atoms with van der Waals surface area (Å²) in [6, 6.07) is 7.91. The van der Waals surface area contributed by atoms with Crippen molar-refractivity contribution in [1.82, 2.24) is 10.2 Å². The van der Waals surface area contributed by atoms with Crippen LogP contribution in [0.1, 0.15) is 5.56 Å². The van der Waals surface area contributed by atoms with Gasteiger partial charge in [-0.3, -0.25) is 9.69 Å². The number of hydrogen-bond acceptors (Lipinski definition) is 3. The van der Waals surface area contributed by atoms with Crippen LogP contribution < -0.4 is 10.1 Å². The molecule has 1 aromatic carbocycles. The fourth-order valence-electron chi connectivity index (χ4n) is 1.92. The van der Waals surface area contributed by atoms with Crippen molar-refractivity contribution in [2.75, 3.05) is 26.2 Å². The quantitative estimate of drug-likeness (QED) is 0.793. The minimum atomic E-state index is -0.0488. The second kappa shape index (κ2) is 6.08. The van der Waals surface area contributed by atoms with Gasteiger partial charge < -0.3 is 10.1 Å². The molecule has 1 aromatic rings. The van der Waals surface area contributed by atoms with E-state index >= 15 is 0 Å². The van der Waals surface area contributed by atoms with Gasteiger partial charge >= 0.3 is 0 Å². The summed E-state index contributed by atoms with van der Waals surface area (Å²) in [5.74, 6) is 3.25. The van der Waals surface area contributed by atoms with Crippen LogP contribution in [0.25, 0.3) is 0 Å². The summed E-state index contributed by atoms with van der Waals surface area (Å²) in [5, 5.41) is 2.67. The van der Waals surface area contributed by atoms with Crippen LogP contribution in [0.4, 0.5) is 0 Å². The Morgan fingerprint density at radius 3 is 3.17 bits per heavy atom. The van der Waals surface area contributed by atoms with Crippen LogP contribution in [-0.2, 0) is 11.3 Å². The number of fused-ring (bicyclic) bond motifs is 1. The van der Waals surface area contributed by atoms with E-state index in [0.717, 1.165) is 24.4 Å². The molecule has 1 heterocycles. The van der Waals surface area contributed by atoms with Gasteiger partial charge in [0.15, 0.2) is 0 Å². The van der Waals surface area contributed by atoms with Crippen LogP contribution in [0, 0.1) is 12.3 Å². The van der Waals surface area contributed by atoms with Gasteiger partial charge in [0.2, 0.25) is 5.91 Å². The van der Waals surface area contributed by atoms with Crippen molar-refractivity contribution in [1.29, 1.82) is 0 Å². The number of rotatable bonds is 3. The molecule has 1 aliphatic rings. The molecule has 1 N–H and O–H groups in total. The van der Waals surface area contributed by atoms with Gasteiger partial charge in [-0.15, -0.1) is 6.42 Å². The van der Waals surface area contributed by atoms with Crippen molar-refractivity contribution in [2.45, 2.75) is 6.54 Å². The fraction of sp³-hybridized carbons (Fsp3) is 0.357. The van der Waals surface area contributed by atoms with Crippen LogP contribution in [0.5, 0.6) is 5.75 Å². The predicted octanol–water partition coefficient (Wildman–Crippen LogP) is 0.630. The van der Waals surface area contributed by atoms with Crippen molar-refractivity contribution in [2.24, 2.45) is 0 Å². The van der Waals surface area contributed by atoms with Gasteiger partial charge in [0.1, 0.15) is 12.4 Å². The molecule has 0 radical (unpaired) electrons. The van der Waals surface area contributed by atoms with Crippen molar-refractivity contribution in [3.63, 3.8) is 0 Å². The van der Waals surface area contributed by atoms with E-state index in [1.54, 1.807) is 0 Å². The topological polar surface area (TPSA) is 41.6 Å². The molecule has 0 saturated carbocycles. The lowest BCUT2D eigenvalue weighted by Crippen LogP contribution is -2.38. The van der Waals surface area contributed by atoms with Gasteiger partial charge in [0, 0.05) is 18.7 Å². The van der Waals surface area contributed by atoms with E-state index in [1.165, 1.54) is 0 Å². The number of benzene rings is 1. The first-order chi connectivity index (χ1) is 8.79. The summed E-state index contributed by atoms with van der Waals surface area (Å²) < 4.78 is 5.64. The summed E-state index contributed by atoms with van der Waals surface area (Å²) in [6.07, 6.45) is 5.10. The van der Waals surface area contributed by atoms with Crippen molar-refractivity contribution >= 4 is 5.91 Å². The lowest BCUT2D eigenvalue weighted by atomic mass is 10.2. The summed E-state index contributed by atoms with van der Waals surface area (Å²) in [7, 11) is 0. The van der Waals surface area contributed by atoms with Gasteiger partial charge in [-0.1, -0.05) is 24.1 Å². The average Bonchev–Trinajstić information content (AvgIpc) is 2.57. The van der Waals surface area contributed by atoms with E-state index in [4.69, 9.17) is 11.2 Å². The minimum absolute atomic E-state index is 0.0488. The standard InChI is InChI=1S/C14H16N2O2/c1-2-7-15-14(17)11-16-8-9-18-13-6-4-3-5-12(13)10-16/h1,3-6H,7-11H2,(H,15,17). The van der Waals surface area contributed by atoms with Gasteiger partial charge in [-0.25, -0.2) is 0 Å². The molecule has 0 atom stereocenters. The third kappa shape index (κ3) is 3.25. The highest BCUT2D eigenvalue weighted by Gasteiger charge is 2.16. The molecule has 0 unspecified atom stereocenters. The second-order valence-corrected chi connectivity index (χ2v) is 4.15. The van der Waals surface area contributed by atoms with Crippen LogP contribution in [0.15, 0.2) is 24.3 Å². The van der Waals surface area contributed by atoms with Crippen molar-refractivity contribution < 1.29 is 9.53 Å². The molecule has 1 aliphatic heterocycles. The van der Waals surface area contributed by atoms with Crippen LogP contribution in [0.2, 0.25) is 0 Å². The Balaban J connectivity index is 1.96. The third-order valence-corrected chi connectivity index (χ3v) is 2.79. The fourth-order valence-corrected chi connectivity index (χ4v) is 1.92. The van der Waals surface area contributed by atoms with Gasteiger partial charge in [-0.05, 0) is 6.07 Å². The second-order valence-electron chi connectivity index (χ2n) is 4.15.